The van der Waals surface area contributed by atoms with E-state index >= 15 is 0 Å². The van der Waals surface area contributed by atoms with Gasteiger partial charge in [0.1, 0.15) is 5.75 Å². The van der Waals surface area contributed by atoms with Gasteiger partial charge in [0.15, 0.2) is 0 Å². The number of rotatable bonds is 4. The summed E-state index contributed by atoms with van der Waals surface area (Å²) in [4.78, 5) is 0. The molecule has 0 N–H and O–H groups in total. The summed E-state index contributed by atoms with van der Waals surface area (Å²) in [5.41, 5.74) is 1.23. The van der Waals surface area contributed by atoms with Gasteiger partial charge in [0.2, 0.25) is 8.32 Å². The third kappa shape index (κ3) is 3.47. The van der Waals surface area contributed by atoms with Crippen molar-refractivity contribution >= 4 is 8.32 Å². The Morgan fingerprint density at radius 1 is 1.24 bits per heavy atom. The Morgan fingerprint density at radius 3 is 2.35 bits per heavy atom. The summed E-state index contributed by atoms with van der Waals surface area (Å²) >= 11 is 0. The average molecular weight is 248 g/mol. The lowest BCUT2D eigenvalue weighted by molar-refractivity contribution is 0.488. The molecule has 0 spiro atoms. The lowest BCUT2D eigenvalue weighted by atomic mass is 10.1. The van der Waals surface area contributed by atoms with Crippen molar-refractivity contribution in [3.63, 3.8) is 0 Å². The van der Waals surface area contributed by atoms with E-state index in [-0.39, 0.29) is 5.04 Å². The van der Waals surface area contributed by atoms with Crippen molar-refractivity contribution in [2.45, 2.75) is 45.3 Å². The fourth-order valence-electron chi connectivity index (χ4n) is 1.36. The third-order valence-electron chi connectivity index (χ3n) is 3.51. The maximum atomic E-state index is 6.34. The summed E-state index contributed by atoms with van der Waals surface area (Å²) in [5.74, 6) is 1.03. The van der Waals surface area contributed by atoms with Crippen LogP contribution in [0, 0.1) is 0 Å². The minimum Gasteiger partial charge on any atom is -0.543 e. The first-order chi connectivity index (χ1) is 7.78. The molecule has 0 atom stereocenters. The van der Waals surface area contributed by atoms with Gasteiger partial charge in [-0.3, -0.25) is 0 Å². The first-order valence-electron chi connectivity index (χ1n) is 6.16. The zero-order valence-electron chi connectivity index (χ0n) is 11.7. The van der Waals surface area contributed by atoms with Crippen molar-refractivity contribution < 1.29 is 4.43 Å². The quantitative estimate of drug-likeness (QED) is 0.549. The highest BCUT2D eigenvalue weighted by Gasteiger charge is 2.39. The van der Waals surface area contributed by atoms with Crippen LogP contribution in [0.25, 0.3) is 0 Å². The van der Waals surface area contributed by atoms with Crippen LogP contribution >= 0.6 is 0 Å². The van der Waals surface area contributed by atoms with Gasteiger partial charge in [-0.15, -0.1) is 6.58 Å². The second-order valence-corrected chi connectivity index (χ2v) is 10.7. The van der Waals surface area contributed by atoms with Crippen molar-refractivity contribution in [2.24, 2.45) is 0 Å². The first kappa shape index (κ1) is 14.0. The van der Waals surface area contributed by atoms with Gasteiger partial charge < -0.3 is 4.43 Å². The molecule has 0 fully saturated rings. The Kier molecular flexibility index (Phi) is 4.20. The van der Waals surface area contributed by atoms with E-state index in [1.54, 1.807) is 0 Å². The van der Waals surface area contributed by atoms with E-state index in [1.807, 2.05) is 12.1 Å². The predicted octanol–water partition coefficient (Wildman–Crippen LogP) is 4.80. The molecular weight excluding hydrogens is 224 g/mol. The van der Waals surface area contributed by atoms with Crippen LogP contribution in [-0.4, -0.2) is 8.32 Å². The minimum absolute atomic E-state index is 0.230. The van der Waals surface area contributed by atoms with Gasteiger partial charge in [-0.05, 0) is 36.2 Å². The predicted molar refractivity (Wildman–Crippen MR) is 78.2 cm³/mol. The molecule has 2 heteroatoms. The van der Waals surface area contributed by atoms with Crippen LogP contribution in [0.3, 0.4) is 0 Å². The lowest BCUT2D eigenvalue weighted by Crippen LogP contribution is -2.44. The second-order valence-electron chi connectivity index (χ2n) is 5.96. The van der Waals surface area contributed by atoms with Crippen molar-refractivity contribution in [3.05, 3.63) is 42.5 Å². The molecule has 0 aliphatic heterocycles. The normalized spacial score (nSPS) is 12.3. The molecule has 0 aliphatic carbocycles. The van der Waals surface area contributed by atoms with Gasteiger partial charge in [-0.1, -0.05) is 45.0 Å². The molecule has 17 heavy (non-hydrogen) atoms. The van der Waals surface area contributed by atoms with Crippen molar-refractivity contribution in [1.82, 2.24) is 0 Å². The van der Waals surface area contributed by atoms with E-state index in [2.05, 4.69) is 58.6 Å². The summed E-state index contributed by atoms with van der Waals surface area (Å²) in [6.45, 7) is 15.1. The number of para-hydroxylation sites is 1. The first-order valence-corrected chi connectivity index (χ1v) is 9.06. The van der Waals surface area contributed by atoms with E-state index in [1.165, 1.54) is 5.56 Å². The highest BCUT2D eigenvalue weighted by molar-refractivity contribution is 6.74. The van der Waals surface area contributed by atoms with E-state index in [9.17, 15) is 0 Å². The Balaban J connectivity index is 2.99. The monoisotopic (exact) mass is 248 g/mol. The van der Waals surface area contributed by atoms with Crippen molar-refractivity contribution in [3.8, 4) is 5.75 Å². The molecule has 0 heterocycles. The van der Waals surface area contributed by atoms with E-state index in [0.29, 0.717) is 0 Å². The molecular formula is C15H24OSi. The Hall–Kier alpha value is -1.02. The SMILES string of the molecule is C=CCc1ccccc1O[Si](C)(C)C(C)(C)C. The van der Waals surface area contributed by atoms with Gasteiger partial charge in [0, 0.05) is 0 Å². The zero-order chi connectivity index (χ0) is 13.1. The van der Waals surface area contributed by atoms with Crippen LogP contribution in [0.2, 0.25) is 18.1 Å². The highest BCUT2D eigenvalue weighted by atomic mass is 28.4. The van der Waals surface area contributed by atoms with Gasteiger partial charge >= 0.3 is 0 Å². The lowest BCUT2D eigenvalue weighted by Gasteiger charge is -2.37. The molecule has 1 aromatic rings. The third-order valence-corrected chi connectivity index (χ3v) is 7.85. The summed E-state index contributed by atoms with van der Waals surface area (Å²) in [6, 6.07) is 8.27. The number of hydrogen-bond donors (Lipinski definition) is 0. The summed E-state index contributed by atoms with van der Waals surface area (Å²) < 4.78 is 6.34. The summed E-state index contributed by atoms with van der Waals surface area (Å²) in [5, 5.41) is 0.230. The highest BCUT2D eigenvalue weighted by Crippen LogP contribution is 2.38. The fourth-order valence-corrected chi connectivity index (χ4v) is 2.41. The fraction of sp³-hybridized carbons (Fsp3) is 0.467. The Morgan fingerprint density at radius 2 is 1.82 bits per heavy atom. The molecule has 1 rings (SSSR count). The standard InChI is InChI=1S/C15H24OSi/c1-7-10-13-11-8-9-12-14(13)16-17(5,6)15(2,3)4/h7-9,11-12H,1,10H2,2-6H3. The molecule has 0 aliphatic rings. The maximum Gasteiger partial charge on any atom is 0.250 e. The van der Waals surface area contributed by atoms with Crippen LogP contribution < -0.4 is 4.43 Å². The Labute approximate surface area is 107 Å². The molecule has 0 bridgehead atoms. The van der Waals surface area contributed by atoms with E-state index < -0.39 is 8.32 Å². The Bertz CT molecular complexity index is 388. The molecule has 0 unspecified atom stereocenters. The van der Waals surface area contributed by atoms with Crippen LogP contribution in [-0.2, 0) is 6.42 Å². The second kappa shape index (κ2) is 5.09. The van der Waals surface area contributed by atoms with Gasteiger partial charge in [-0.25, -0.2) is 0 Å². The smallest absolute Gasteiger partial charge is 0.250 e. The van der Waals surface area contributed by atoms with Gasteiger partial charge in [-0.2, -0.15) is 0 Å². The largest absolute Gasteiger partial charge is 0.543 e. The van der Waals surface area contributed by atoms with Crippen LogP contribution in [0.1, 0.15) is 26.3 Å². The van der Waals surface area contributed by atoms with Crippen molar-refractivity contribution in [1.29, 1.82) is 0 Å². The van der Waals surface area contributed by atoms with Crippen LogP contribution in [0.4, 0.5) is 0 Å². The van der Waals surface area contributed by atoms with Gasteiger partial charge in [0.05, 0.1) is 0 Å². The molecule has 0 radical (unpaired) electrons. The maximum absolute atomic E-state index is 6.34. The van der Waals surface area contributed by atoms with E-state index in [0.717, 1.165) is 12.2 Å². The topological polar surface area (TPSA) is 9.23 Å². The molecule has 1 aromatic carbocycles. The van der Waals surface area contributed by atoms with E-state index in [4.69, 9.17) is 4.43 Å². The summed E-state index contributed by atoms with van der Waals surface area (Å²) in [6.07, 6.45) is 2.79. The molecule has 0 saturated carbocycles. The van der Waals surface area contributed by atoms with Crippen molar-refractivity contribution in [2.75, 3.05) is 0 Å². The number of allylic oxidation sites excluding steroid dienone is 1. The number of hydrogen-bond acceptors (Lipinski definition) is 1. The van der Waals surface area contributed by atoms with Crippen LogP contribution in [0.5, 0.6) is 5.75 Å². The zero-order valence-corrected chi connectivity index (χ0v) is 12.7. The molecule has 0 aromatic heterocycles. The van der Waals surface area contributed by atoms with Gasteiger partial charge in [0.25, 0.3) is 0 Å². The molecule has 0 amide bonds. The minimum atomic E-state index is -1.74. The molecule has 1 nitrogen and oxygen atoms in total. The number of benzene rings is 1. The van der Waals surface area contributed by atoms with Crippen LogP contribution in [0.15, 0.2) is 36.9 Å². The average Bonchev–Trinajstić information content (AvgIpc) is 2.19. The summed E-state index contributed by atoms with van der Waals surface area (Å²) in [7, 11) is -1.74. The molecule has 94 valence electrons. The molecule has 0 saturated heterocycles.